The molecule has 2 N–H and O–H groups in total. The van der Waals surface area contributed by atoms with Gasteiger partial charge in [0.25, 0.3) is 0 Å². The molecular weight excluding hydrogens is 430 g/mol. The molecule has 1 saturated carbocycles. The number of nitrogens with one attached hydrogen (secondary N) is 1. The number of nitrogens with zero attached hydrogens (tertiary/aromatic N) is 2. The molecule has 2 amide bonds. The Balaban J connectivity index is 2.23. The Morgan fingerprint density at radius 3 is 2.15 bits per heavy atom. The molecule has 0 aromatic heterocycles. The highest BCUT2D eigenvalue weighted by Crippen LogP contribution is 2.30. The van der Waals surface area contributed by atoms with Gasteiger partial charge in [0, 0.05) is 18.7 Å². The number of carboxylic acid groups (broad SMARTS) is 1. The molecular formula is C27H47N3O4. The molecule has 7 heteroatoms. The maximum Gasteiger partial charge on any atom is 0.331 e. The Labute approximate surface area is 206 Å². The summed E-state index contributed by atoms with van der Waals surface area (Å²) in [6, 6.07) is -0.792. The molecule has 2 aliphatic rings. The summed E-state index contributed by atoms with van der Waals surface area (Å²) in [4.78, 5) is 42.7. The van der Waals surface area contributed by atoms with E-state index >= 15 is 0 Å². The van der Waals surface area contributed by atoms with Crippen molar-refractivity contribution in [1.82, 2.24) is 15.1 Å². The van der Waals surface area contributed by atoms with E-state index in [4.69, 9.17) is 0 Å². The molecule has 1 heterocycles. The number of likely N-dealkylation sites (tertiary alicyclic amines) is 1. The highest BCUT2D eigenvalue weighted by Gasteiger charge is 2.40. The number of carbonyl (C=O) groups is 3. The highest BCUT2D eigenvalue weighted by atomic mass is 16.4. The fraction of sp³-hybridized carbons (Fsp3) is 0.815. The average molecular weight is 478 g/mol. The van der Waals surface area contributed by atoms with E-state index in [1.165, 1.54) is 19.3 Å². The molecule has 7 nitrogen and oxygen atoms in total. The molecule has 1 aliphatic heterocycles. The van der Waals surface area contributed by atoms with Crippen LogP contribution in [0.5, 0.6) is 0 Å². The van der Waals surface area contributed by atoms with Crippen LogP contribution in [0.1, 0.15) is 92.9 Å². The smallest absolute Gasteiger partial charge is 0.331 e. The van der Waals surface area contributed by atoms with Crippen molar-refractivity contribution in [2.45, 2.75) is 117 Å². The highest BCUT2D eigenvalue weighted by molar-refractivity contribution is 5.91. The Kier molecular flexibility index (Phi) is 10.2. The van der Waals surface area contributed by atoms with Crippen molar-refractivity contribution >= 4 is 17.8 Å². The van der Waals surface area contributed by atoms with Gasteiger partial charge in [0.15, 0.2) is 0 Å². The lowest BCUT2D eigenvalue weighted by molar-refractivity contribution is -0.142. The third-order valence-corrected chi connectivity index (χ3v) is 7.53. The van der Waals surface area contributed by atoms with Crippen molar-refractivity contribution in [3.8, 4) is 0 Å². The molecule has 0 bridgehead atoms. The molecule has 1 aliphatic carbocycles. The molecule has 0 spiro atoms. The van der Waals surface area contributed by atoms with Gasteiger partial charge >= 0.3 is 5.97 Å². The Morgan fingerprint density at radius 1 is 1.03 bits per heavy atom. The minimum absolute atomic E-state index is 0.0275. The predicted octanol–water partition coefficient (Wildman–Crippen LogP) is 4.22. The SMILES string of the molecule is C/C(=C\[C@H](C(C)C)N(C)C(=O)[C@@H](NC(=O)C1CCCCN1C1CCCCC1)C(C)(C)C)C(=O)O. The van der Waals surface area contributed by atoms with E-state index in [-0.39, 0.29) is 35.4 Å². The van der Waals surface area contributed by atoms with Crippen LogP contribution in [0.2, 0.25) is 0 Å². The summed E-state index contributed by atoms with van der Waals surface area (Å²) in [5, 5.41) is 12.5. The summed E-state index contributed by atoms with van der Waals surface area (Å²) in [5.41, 5.74) is -0.279. The lowest BCUT2D eigenvalue weighted by atomic mass is 9.84. The Morgan fingerprint density at radius 2 is 1.62 bits per heavy atom. The van der Waals surface area contributed by atoms with Crippen LogP contribution in [0.25, 0.3) is 0 Å². The first-order valence-corrected chi connectivity index (χ1v) is 13.1. The zero-order valence-electron chi connectivity index (χ0n) is 22.4. The minimum atomic E-state index is -0.993. The Hall–Kier alpha value is -1.89. The lowest BCUT2D eigenvalue weighted by Crippen LogP contribution is -2.61. The molecule has 34 heavy (non-hydrogen) atoms. The van der Waals surface area contributed by atoms with E-state index in [0.717, 1.165) is 38.6 Å². The largest absolute Gasteiger partial charge is 0.478 e. The first kappa shape index (κ1) is 28.3. The van der Waals surface area contributed by atoms with E-state index in [1.54, 1.807) is 24.9 Å². The summed E-state index contributed by atoms with van der Waals surface area (Å²) in [5.74, 6) is -1.20. The normalized spacial score (nSPS) is 22.8. The van der Waals surface area contributed by atoms with Gasteiger partial charge in [0.2, 0.25) is 11.8 Å². The van der Waals surface area contributed by atoms with E-state index < -0.39 is 17.4 Å². The molecule has 0 aromatic carbocycles. The minimum Gasteiger partial charge on any atom is -0.478 e. The van der Waals surface area contributed by atoms with E-state index in [2.05, 4.69) is 10.2 Å². The Bertz CT molecular complexity index is 749. The maximum atomic E-state index is 13.7. The summed E-state index contributed by atoms with van der Waals surface area (Å²) in [6.07, 6.45) is 10.7. The monoisotopic (exact) mass is 477 g/mol. The van der Waals surface area contributed by atoms with Crippen LogP contribution in [0, 0.1) is 11.3 Å². The van der Waals surface area contributed by atoms with Crippen LogP contribution in [0.4, 0.5) is 0 Å². The number of hydrogen-bond acceptors (Lipinski definition) is 4. The van der Waals surface area contributed by atoms with Crippen molar-refractivity contribution in [2.75, 3.05) is 13.6 Å². The van der Waals surface area contributed by atoms with Gasteiger partial charge in [-0.05, 0) is 50.5 Å². The third kappa shape index (κ3) is 7.30. The number of piperidine rings is 1. The maximum absolute atomic E-state index is 13.7. The van der Waals surface area contributed by atoms with Gasteiger partial charge in [-0.15, -0.1) is 0 Å². The molecule has 1 saturated heterocycles. The van der Waals surface area contributed by atoms with E-state index in [1.807, 2.05) is 34.6 Å². The van der Waals surface area contributed by atoms with Gasteiger partial charge in [-0.1, -0.05) is 66.4 Å². The predicted molar refractivity (Wildman–Crippen MR) is 135 cm³/mol. The van der Waals surface area contributed by atoms with Crippen molar-refractivity contribution in [3.05, 3.63) is 11.6 Å². The second kappa shape index (κ2) is 12.2. The van der Waals surface area contributed by atoms with E-state index in [9.17, 15) is 19.5 Å². The first-order valence-electron chi connectivity index (χ1n) is 13.1. The van der Waals surface area contributed by atoms with Crippen molar-refractivity contribution < 1.29 is 19.5 Å². The summed E-state index contributed by atoms with van der Waals surface area (Å²) in [6.45, 7) is 12.3. The molecule has 3 atom stereocenters. The number of amides is 2. The topological polar surface area (TPSA) is 90.0 Å². The van der Waals surface area contributed by atoms with Gasteiger partial charge in [-0.25, -0.2) is 4.79 Å². The molecule has 2 rings (SSSR count). The standard InChI is InChI=1S/C27H47N3O4/c1-18(2)22(17-19(3)26(33)34)29(7)25(32)23(27(4,5)6)28-24(31)21-15-11-12-16-30(21)20-13-9-8-10-14-20/h17-18,20-23H,8-16H2,1-7H3,(H,28,31)(H,33,34)/b19-17+/t21?,22-,23-/m1/s1. The van der Waals surface area contributed by atoms with Crippen molar-refractivity contribution in [1.29, 1.82) is 0 Å². The quantitative estimate of drug-likeness (QED) is 0.511. The lowest BCUT2D eigenvalue weighted by Gasteiger charge is -2.43. The van der Waals surface area contributed by atoms with Gasteiger partial charge in [0.05, 0.1) is 12.1 Å². The van der Waals surface area contributed by atoms with Crippen LogP contribution < -0.4 is 5.32 Å². The molecule has 0 radical (unpaired) electrons. The van der Waals surface area contributed by atoms with Crippen LogP contribution >= 0.6 is 0 Å². The van der Waals surface area contributed by atoms with Gasteiger partial charge in [-0.2, -0.15) is 0 Å². The van der Waals surface area contributed by atoms with Crippen LogP contribution in [0.3, 0.4) is 0 Å². The summed E-state index contributed by atoms with van der Waals surface area (Å²) < 4.78 is 0. The zero-order valence-corrected chi connectivity index (χ0v) is 22.4. The second-order valence-corrected chi connectivity index (χ2v) is 11.7. The summed E-state index contributed by atoms with van der Waals surface area (Å²) >= 11 is 0. The van der Waals surface area contributed by atoms with Gasteiger partial charge in [0.1, 0.15) is 6.04 Å². The number of aliphatic carboxylic acids is 1. The molecule has 194 valence electrons. The van der Waals surface area contributed by atoms with E-state index in [0.29, 0.717) is 6.04 Å². The number of carboxylic acids is 1. The molecule has 0 aromatic rings. The van der Waals surface area contributed by atoms with Crippen molar-refractivity contribution in [2.24, 2.45) is 11.3 Å². The van der Waals surface area contributed by atoms with Gasteiger partial charge < -0.3 is 15.3 Å². The molecule has 1 unspecified atom stereocenters. The molecule has 2 fully saturated rings. The number of likely N-dealkylation sites (N-methyl/N-ethyl adjacent to an activating group) is 1. The van der Waals surface area contributed by atoms with Gasteiger partial charge in [-0.3, -0.25) is 14.5 Å². The number of rotatable bonds is 8. The zero-order chi connectivity index (χ0) is 25.6. The number of carbonyl (C=O) groups excluding carboxylic acids is 2. The van der Waals surface area contributed by atoms with Crippen LogP contribution in [-0.4, -0.2) is 70.4 Å². The third-order valence-electron chi connectivity index (χ3n) is 7.53. The van der Waals surface area contributed by atoms with Crippen molar-refractivity contribution in [3.63, 3.8) is 0 Å². The first-order chi connectivity index (χ1) is 15.8. The average Bonchev–Trinajstić information content (AvgIpc) is 2.79. The summed E-state index contributed by atoms with van der Waals surface area (Å²) in [7, 11) is 1.71. The van der Waals surface area contributed by atoms with Crippen LogP contribution in [0.15, 0.2) is 11.6 Å². The number of hydrogen-bond donors (Lipinski definition) is 2. The van der Waals surface area contributed by atoms with Crippen LogP contribution in [-0.2, 0) is 14.4 Å². The second-order valence-electron chi connectivity index (χ2n) is 11.7. The fourth-order valence-corrected chi connectivity index (χ4v) is 5.40. The fourth-order valence-electron chi connectivity index (χ4n) is 5.40.